The largest absolute Gasteiger partial charge is 0.478 e. The van der Waals surface area contributed by atoms with E-state index in [0.29, 0.717) is 53.6 Å². The number of ether oxygens (including phenoxy) is 1. The highest BCUT2D eigenvalue weighted by molar-refractivity contribution is 5.87. The Bertz CT molecular complexity index is 1260. The van der Waals surface area contributed by atoms with E-state index in [9.17, 15) is 9.59 Å². The summed E-state index contributed by atoms with van der Waals surface area (Å²) in [5.74, 6) is 1.70. The van der Waals surface area contributed by atoms with Gasteiger partial charge in [-0.2, -0.15) is 0 Å². The number of likely N-dealkylation sites (tertiary alicyclic amines) is 1. The fourth-order valence-electron chi connectivity index (χ4n) is 4.96. The third-order valence-electron chi connectivity index (χ3n) is 6.68. The summed E-state index contributed by atoms with van der Waals surface area (Å²) in [7, 11) is 3.39. The lowest BCUT2D eigenvalue weighted by atomic mass is 10.2. The minimum Gasteiger partial charge on any atom is -0.478 e. The maximum absolute atomic E-state index is 13.3. The smallest absolute Gasteiger partial charge is 0.334 e. The number of anilines is 2. The molecular formula is C22H27N7O3. The minimum atomic E-state index is -0.0953. The lowest BCUT2D eigenvalue weighted by molar-refractivity contribution is -0.125. The first-order valence-electron chi connectivity index (χ1n) is 10.8. The molecular weight excluding hydrogens is 410 g/mol. The molecule has 3 aromatic rings. The molecule has 1 N–H and O–H groups in total. The van der Waals surface area contributed by atoms with E-state index in [2.05, 4.69) is 22.0 Å². The predicted molar refractivity (Wildman–Crippen MR) is 119 cm³/mol. The number of nitrogens with one attached hydrogen (secondary N) is 1. The van der Waals surface area contributed by atoms with Gasteiger partial charge >= 0.3 is 5.69 Å². The summed E-state index contributed by atoms with van der Waals surface area (Å²) in [6.45, 7) is 7.67. The Hall–Kier alpha value is -3.56. The zero-order chi connectivity index (χ0) is 22.6. The van der Waals surface area contributed by atoms with Crippen LogP contribution in [0, 0.1) is 17.8 Å². The van der Waals surface area contributed by atoms with Gasteiger partial charge in [0.15, 0.2) is 5.65 Å². The van der Waals surface area contributed by atoms with Gasteiger partial charge < -0.3 is 15.0 Å². The Balaban J connectivity index is 1.47. The first-order chi connectivity index (χ1) is 15.4. The van der Waals surface area contributed by atoms with Gasteiger partial charge in [0.05, 0.1) is 19.0 Å². The van der Waals surface area contributed by atoms with Crippen LogP contribution in [0.25, 0.3) is 5.65 Å². The van der Waals surface area contributed by atoms with Crippen molar-refractivity contribution >= 4 is 22.9 Å². The van der Waals surface area contributed by atoms with Gasteiger partial charge in [0.1, 0.15) is 5.69 Å². The highest BCUT2D eigenvalue weighted by atomic mass is 16.5. The number of aromatic nitrogens is 5. The van der Waals surface area contributed by atoms with Crippen molar-refractivity contribution in [3.8, 4) is 5.88 Å². The highest BCUT2D eigenvalue weighted by Crippen LogP contribution is 2.52. The van der Waals surface area contributed by atoms with Crippen LogP contribution in [0.2, 0.25) is 0 Å². The Kier molecular flexibility index (Phi) is 4.79. The van der Waals surface area contributed by atoms with E-state index >= 15 is 0 Å². The van der Waals surface area contributed by atoms with Gasteiger partial charge in [-0.25, -0.2) is 14.2 Å². The van der Waals surface area contributed by atoms with Crippen molar-refractivity contribution in [1.82, 2.24) is 28.6 Å². The Labute approximate surface area is 185 Å². The number of hydrogen-bond donors (Lipinski definition) is 1. The van der Waals surface area contributed by atoms with Crippen LogP contribution in [0.15, 0.2) is 36.0 Å². The molecule has 0 spiro atoms. The molecule has 2 atom stereocenters. The summed E-state index contributed by atoms with van der Waals surface area (Å²) in [5.41, 5.74) is 2.75. The molecule has 1 amide bonds. The van der Waals surface area contributed by atoms with E-state index in [1.165, 1.54) is 6.08 Å². The molecule has 0 radical (unpaired) electrons. The molecule has 2 fully saturated rings. The standard InChI is InChI=1S/C22H27N7O3/c1-5-13-7-23-20-17(24-18-11-26(3)25-21(18)32-4)12-28(22(31)29(13)20)10-16-14-8-27(9-15(14)16)19(30)6-2/h6-7,11-12,14-16,24H,2,5,8-10H2,1,3-4H3. The monoisotopic (exact) mass is 437 g/mol. The number of methoxy groups -OCH3 is 1. The van der Waals surface area contributed by atoms with Gasteiger partial charge in [-0.15, -0.1) is 5.10 Å². The lowest BCUT2D eigenvalue weighted by Crippen LogP contribution is -2.32. The number of amides is 1. The second kappa shape index (κ2) is 7.54. The van der Waals surface area contributed by atoms with Gasteiger partial charge in [-0.1, -0.05) is 13.5 Å². The van der Waals surface area contributed by atoms with E-state index in [4.69, 9.17) is 4.74 Å². The molecule has 4 heterocycles. The van der Waals surface area contributed by atoms with Crippen molar-refractivity contribution in [2.24, 2.45) is 24.8 Å². The average Bonchev–Trinajstić information content (AvgIpc) is 3.22. The number of aryl methyl sites for hydroxylation is 2. The molecule has 5 rings (SSSR count). The Morgan fingerprint density at radius 3 is 2.72 bits per heavy atom. The van der Waals surface area contributed by atoms with Gasteiger partial charge in [-0.3, -0.25) is 14.0 Å². The van der Waals surface area contributed by atoms with E-state index in [1.54, 1.807) is 27.0 Å². The molecule has 3 aromatic heterocycles. The van der Waals surface area contributed by atoms with Crippen molar-refractivity contribution in [1.29, 1.82) is 0 Å². The molecule has 2 aliphatic rings. The molecule has 10 nitrogen and oxygen atoms in total. The fraction of sp³-hybridized carbons (Fsp3) is 0.455. The van der Waals surface area contributed by atoms with Crippen molar-refractivity contribution < 1.29 is 9.53 Å². The van der Waals surface area contributed by atoms with Crippen LogP contribution in [0.4, 0.5) is 11.4 Å². The van der Waals surface area contributed by atoms with Gasteiger partial charge in [0.2, 0.25) is 5.91 Å². The van der Waals surface area contributed by atoms with Crippen LogP contribution < -0.4 is 15.7 Å². The van der Waals surface area contributed by atoms with E-state index in [-0.39, 0.29) is 11.6 Å². The zero-order valence-corrected chi connectivity index (χ0v) is 18.5. The maximum Gasteiger partial charge on any atom is 0.334 e. The number of nitrogens with zero attached hydrogens (tertiary/aromatic N) is 6. The Morgan fingerprint density at radius 2 is 2.06 bits per heavy atom. The molecule has 1 aliphatic carbocycles. The number of imidazole rings is 1. The number of hydrogen-bond acceptors (Lipinski definition) is 6. The summed E-state index contributed by atoms with van der Waals surface area (Å²) in [6, 6.07) is 0. The van der Waals surface area contributed by atoms with Crippen molar-refractivity contribution in [2.45, 2.75) is 19.9 Å². The molecule has 10 heteroatoms. The van der Waals surface area contributed by atoms with Crippen LogP contribution in [0.3, 0.4) is 0 Å². The minimum absolute atomic E-state index is 0.0163. The van der Waals surface area contributed by atoms with Crippen molar-refractivity contribution in [3.05, 3.63) is 47.4 Å². The number of carbonyl (C=O) groups is 1. The quantitative estimate of drug-likeness (QED) is 0.562. The number of fused-ring (bicyclic) bond motifs is 2. The van der Waals surface area contributed by atoms with E-state index in [0.717, 1.165) is 18.8 Å². The highest BCUT2D eigenvalue weighted by Gasteiger charge is 2.56. The molecule has 1 saturated heterocycles. The first kappa shape index (κ1) is 20.3. The molecule has 1 saturated carbocycles. The normalized spacial score (nSPS) is 21.6. The van der Waals surface area contributed by atoms with Gasteiger partial charge in [-0.05, 0) is 30.3 Å². The van der Waals surface area contributed by atoms with Crippen LogP contribution in [-0.2, 0) is 24.8 Å². The van der Waals surface area contributed by atoms with Gasteiger partial charge in [0, 0.05) is 44.8 Å². The number of rotatable bonds is 7. The predicted octanol–water partition coefficient (Wildman–Crippen LogP) is 1.43. The fourth-order valence-corrected chi connectivity index (χ4v) is 4.96. The summed E-state index contributed by atoms with van der Waals surface area (Å²) in [4.78, 5) is 31.6. The van der Waals surface area contributed by atoms with Crippen molar-refractivity contribution in [3.63, 3.8) is 0 Å². The molecule has 32 heavy (non-hydrogen) atoms. The van der Waals surface area contributed by atoms with Crippen LogP contribution in [0.1, 0.15) is 12.6 Å². The van der Waals surface area contributed by atoms with E-state index in [1.807, 2.05) is 31.3 Å². The SMILES string of the molecule is C=CC(=O)N1CC2C(C1)C2Cn1cc(Nc2cn(C)nc2OC)c2ncc(CC)n2c1=O. The van der Waals surface area contributed by atoms with Crippen molar-refractivity contribution in [2.75, 3.05) is 25.5 Å². The van der Waals surface area contributed by atoms with Crippen LogP contribution in [0.5, 0.6) is 5.88 Å². The second-order valence-electron chi connectivity index (χ2n) is 8.53. The van der Waals surface area contributed by atoms with Crippen LogP contribution in [-0.4, -0.2) is 54.7 Å². The maximum atomic E-state index is 13.3. The third-order valence-corrected chi connectivity index (χ3v) is 6.68. The van der Waals surface area contributed by atoms with E-state index < -0.39 is 0 Å². The Morgan fingerprint density at radius 1 is 1.31 bits per heavy atom. The van der Waals surface area contributed by atoms with Gasteiger partial charge in [0.25, 0.3) is 5.88 Å². The third kappa shape index (κ3) is 3.17. The summed E-state index contributed by atoms with van der Waals surface area (Å²) in [6.07, 6.45) is 7.47. The molecule has 2 unspecified atom stereocenters. The van der Waals surface area contributed by atoms with Crippen LogP contribution >= 0.6 is 0 Å². The average molecular weight is 438 g/mol. The zero-order valence-electron chi connectivity index (χ0n) is 18.5. The number of carbonyl (C=O) groups excluding carboxylic acids is 1. The summed E-state index contributed by atoms with van der Waals surface area (Å²) in [5, 5.41) is 7.64. The number of piperidine rings is 1. The molecule has 1 aliphatic heterocycles. The summed E-state index contributed by atoms with van der Waals surface area (Å²) < 4.78 is 10.5. The summed E-state index contributed by atoms with van der Waals surface area (Å²) >= 11 is 0. The lowest BCUT2D eigenvalue weighted by Gasteiger charge is -2.19. The second-order valence-corrected chi connectivity index (χ2v) is 8.53. The molecule has 0 bridgehead atoms. The first-order valence-corrected chi connectivity index (χ1v) is 10.8. The topological polar surface area (TPSA) is 98.7 Å². The molecule has 168 valence electrons. The molecule has 0 aromatic carbocycles.